The van der Waals surface area contributed by atoms with E-state index in [4.69, 9.17) is 4.74 Å². The summed E-state index contributed by atoms with van der Waals surface area (Å²) in [6.07, 6.45) is 1.70. The fraction of sp³-hybridized carbons (Fsp3) is 0.0968. The normalized spacial score (nSPS) is 10.9. The Bertz CT molecular complexity index is 1470. The van der Waals surface area contributed by atoms with Gasteiger partial charge in [-0.25, -0.2) is 9.66 Å². The van der Waals surface area contributed by atoms with E-state index < -0.39 is 0 Å². The Balaban J connectivity index is 1.43. The van der Waals surface area contributed by atoms with Gasteiger partial charge in [-0.05, 0) is 53.1 Å². The minimum Gasteiger partial charge on any atom is -0.497 e. The van der Waals surface area contributed by atoms with Crippen molar-refractivity contribution in [2.45, 2.75) is 12.6 Å². The van der Waals surface area contributed by atoms with Gasteiger partial charge >= 0.3 is 0 Å². The summed E-state index contributed by atoms with van der Waals surface area (Å²) < 4.78 is 7.12. The number of hydrogen-bond donors (Lipinski definition) is 2. The highest BCUT2D eigenvalue weighted by Gasteiger charge is 2.19. The first-order valence-electron chi connectivity index (χ1n) is 12.1. The number of benzene rings is 4. The number of carbonyl (C=O) groups is 1. The first kappa shape index (κ1) is 23.9. The van der Waals surface area contributed by atoms with Crippen LogP contribution in [0.25, 0.3) is 17.1 Å². The van der Waals surface area contributed by atoms with E-state index in [0.717, 1.165) is 33.5 Å². The number of fused-ring (bicyclic) bond motifs is 1. The molecule has 0 saturated heterocycles. The molecule has 1 aromatic heterocycles. The van der Waals surface area contributed by atoms with Gasteiger partial charge in [0, 0.05) is 5.56 Å². The van der Waals surface area contributed by atoms with Crippen LogP contribution in [0.4, 0.5) is 0 Å². The van der Waals surface area contributed by atoms with E-state index in [-0.39, 0.29) is 11.9 Å². The minimum atomic E-state index is -0.271. The molecule has 1 amide bonds. The molecule has 0 saturated carbocycles. The first-order valence-corrected chi connectivity index (χ1v) is 12.1. The molecule has 6 heteroatoms. The lowest BCUT2D eigenvalue weighted by atomic mass is 9.98. The third kappa shape index (κ3) is 5.23. The predicted octanol–water partition coefficient (Wildman–Crippen LogP) is 5.95. The second-order valence-corrected chi connectivity index (χ2v) is 8.62. The Morgan fingerprint density at radius 2 is 1.59 bits per heavy atom. The fourth-order valence-corrected chi connectivity index (χ4v) is 4.32. The van der Waals surface area contributed by atoms with Crippen molar-refractivity contribution in [2.75, 3.05) is 12.5 Å². The van der Waals surface area contributed by atoms with Gasteiger partial charge in [0.15, 0.2) is 5.82 Å². The number of nitrogens with zero attached hydrogens (tertiary/aromatic N) is 2. The van der Waals surface area contributed by atoms with Crippen LogP contribution in [-0.4, -0.2) is 22.7 Å². The van der Waals surface area contributed by atoms with Gasteiger partial charge in [-0.1, -0.05) is 79.4 Å². The number of nitrogens with one attached hydrogen (secondary N) is 2. The smallest absolute Gasteiger partial charge is 0.252 e. The molecule has 1 heterocycles. The standard InChI is InChI=1S/C31H28N4O2/c1-3-29-33-27-19-16-25(20-28(27)35(29)32-21-22-14-17-26(37-2)18-15-22)31(36)34-30(23-10-6-4-7-11-23)24-12-8-5-9-13-24/h3-20,30,32H,1,21H2,2H3,(H,34,36). The molecule has 0 radical (unpaired) electrons. The van der Waals surface area contributed by atoms with Crippen LogP contribution in [0, 0.1) is 0 Å². The molecule has 0 aliphatic carbocycles. The lowest BCUT2D eigenvalue weighted by Gasteiger charge is -2.20. The van der Waals surface area contributed by atoms with Crippen LogP contribution in [-0.2, 0) is 6.54 Å². The summed E-state index contributed by atoms with van der Waals surface area (Å²) in [5, 5.41) is 3.22. The van der Waals surface area contributed by atoms with E-state index in [2.05, 4.69) is 22.3 Å². The first-order chi connectivity index (χ1) is 18.2. The Labute approximate surface area is 216 Å². The molecule has 0 aliphatic heterocycles. The summed E-state index contributed by atoms with van der Waals surface area (Å²) in [6.45, 7) is 4.48. The molecule has 5 rings (SSSR count). The summed E-state index contributed by atoms with van der Waals surface area (Å²) >= 11 is 0. The van der Waals surface area contributed by atoms with Gasteiger partial charge in [-0.2, -0.15) is 0 Å². The zero-order valence-electron chi connectivity index (χ0n) is 20.6. The van der Waals surface area contributed by atoms with Gasteiger partial charge in [0.25, 0.3) is 5.91 Å². The number of methoxy groups -OCH3 is 1. The summed E-state index contributed by atoms with van der Waals surface area (Å²) in [6, 6.07) is 33.1. The number of amides is 1. The molecule has 2 N–H and O–H groups in total. The number of imidazole rings is 1. The topological polar surface area (TPSA) is 68.2 Å². The van der Waals surface area contributed by atoms with Crippen molar-refractivity contribution in [1.82, 2.24) is 15.0 Å². The molecular formula is C31H28N4O2. The maximum Gasteiger partial charge on any atom is 0.252 e. The number of hydrogen-bond acceptors (Lipinski definition) is 4. The Kier molecular flexibility index (Phi) is 6.99. The molecule has 6 nitrogen and oxygen atoms in total. The van der Waals surface area contributed by atoms with Crippen molar-refractivity contribution in [3.8, 4) is 5.75 Å². The zero-order valence-corrected chi connectivity index (χ0v) is 20.6. The molecule has 0 unspecified atom stereocenters. The maximum atomic E-state index is 13.5. The molecular weight excluding hydrogens is 460 g/mol. The highest BCUT2D eigenvalue weighted by molar-refractivity contribution is 5.98. The lowest BCUT2D eigenvalue weighted by Crippen LogP contribution is -2.29. The largest absolute Gasteiger partial charge is 0.497 e. The van der Waals surface area contributed by atoms with Gasteiger partial charge in [-0.15, -0.1) is 0 Å². The van der Waals surface area contributed by atoms with Gasteiger partial charge < -0.3 is 15.5 Å². The molecule has 5 aromatic rings. The van der Waals surface area contributed by atoms with Crippen LogP contribution in [0.15, 0.2) is 110 Å². The lowest BCUT2D eigenvalue weighted by molar-refractivity contribution is 0.0943. The van der Waals surface area contributed by atoms with Crippen LogP contribution in [0.5, 0.6) is 5.75 Å². The van der Waals surface area contributed by atoms with E-state index in [9.17, 15) is 4.79 Å². The van der Waals surface area contributed by atoms with Crippen LogP contribution in [0.3, 0.4) is 0 Å². The van der Waals surface area contributed by atoms with Crippen molar-refractivity contribution in [1.29, 1.82) is 0 Å². The third-order valence-electron chi connectivity index (χ3n) is 6.27. The van der Waals surface area contributed by atoms with E-state index in [0.29, 0.717) is 17.9 Å². The monoisotopic (exact) mass is 488 g/mol. The van der Waals surface area contributed by atoms with E-state index >= 15 is 0 Å². The molecule has 0 aliphatic rings. The SMILES string of the molecule is C=Cc1nc2ccc(C(=O)NC(c3ccccc3)c3ccccc3)cc2n1NCc1ccc(OC)cc1. The van der Waals surface area contributed by atoms with E-state index in [1.54, 1.807) is 19.3 Å². The Morgan fingerprint density at radius 3 is 2.19 bits per heavy atom. The average Bonchev–Trinajstić information content (AvgIpc) is 3.32. The second kappa shape index (κ2) is 10.8. The highest BCUT2D eigenvalue weighted by atomic mass is 16.5. The van der Waals surface area contributed by atoms with Crippen LogP contribution < -0.4 is 15.5 Å². The van der Waals surface area contributed by atoms with Crippen molar-refractivity contribution < 1.29 is 9.53 Å². The summed E-state index contributed by atoms with van der Waals surface area (Å²) in [5.74, 6) is 1.32. The van der Waals surface area contributed by atoms with Crippen molar-refractivity contribution in [3.63, 3.8) is 0 Å². The van der Waals surface area contributed by atoms with Crippen molar-refractivity contribution in [2.24, 2.45) is 0 Å². The molecule has 4 aromatic carbocycles. The fourth-order valence-electron chi connectivity index (χ4n) is 4.32. The van der Waals surface area contributed by atoms with Gasteiger partial charge in [0.1, 0.15) is 5.75 Å². The minimum absolute atomic E-state index is 0.164. The Morgan fingerprint density at radius 1 is 0.946 bits per heavy atom. The van der Waals surface area contributed by atoms with Gasteiger partial charge in [0.2, 0.25) is 0 Å². The van der Waals surface area contributed by atoms with Crippen molar-refractivity contribution in [3.05, 3.63) is 138 Å². The number of ether oxygens (including phenoxy) is 1. The van der Waals surface area contributed by atoms with Gasteiger partial charge in [0.05, 0.1) is 30.7 Å². The van der Waals surface area contributed by atoms with Crippen LogP contribution >= 0.6 is 0 Å². The number of rotatable bonds is 9. The number of aromatic nitrogens is 2. The second-order valence-electron chi connectivity index (χ2n) is 8.62. The van der Waals surface area contributed by atoms with Crippen LogP contribution in [0.1, 0.15) is 38.9 Å². The van der Waals surface area contributed by atoms with E-state index in [1.807, 2.05) is 102 Å². The van der Waals surface area contributed by atoms with Crippen molar-refractivity contribution >= 4 is 23.0 Å². The van der Waals surface area contributed by atoms with E-state index in [1.165, 1.54) is 0 Å². The molecule has 0 fully saturated rings. The van der Waals surface area contributed by atoms with Gasteiger partial charge in [-0.3, -0.25) is 4.79 Å². The number of carbonyl (C=O) groups excluding carboxylic acids is 1. The summed E-state index contributed by atoms with van der Waals surface area (Å²) in [7, 11) is 1.65. The molecule has 0 spiro atoms. The summed E-state index contributed by atoms with van der Waals surface area (Å²) in [4.78, 5) is 18.1. The third-order valence-corrected chi connectivity index (χ3v) is 6.27. The molecule has 37 heavy (non-hydrogen) atoms. The summed E-state index contributed by atoms with van der Waals surface area (Å²) in [5.41, 5.74) is 8.65. The predicted molar refractivity (Wildman–Crippen MR) is 148 cm³/mol. The molecule has 0 bridgehead atoms. The molecule has 184 valence electrons. The molecule has 0 atom stereocenters. The zero-order chi connectivity index (χ0) is 25.6. The average molecular weight is 489 g/mol. The Hall–Kier alpha value is -4.84. The van der Waals surface area contributed by atoms with Crippen LogP contribution in [0.2, 0.25) is 0 Å². The quantitative estimate of drug-likeness (QED) is 0.269. The maximum absolute atomic E-state index is 13.5. The highest BCUT2D eigenvalue weighted by Crippen LogP contribution is 2.24.